The molecule has 0 radical (unpaired) electrons. The normalized spacial score (nSPS) is 14.9. The number of ketones is 1. The van der Waals surface area contributed by atoms with E-state index in [0.717, 1.165) is 19.3 Å². The Morgan fingerprint density at radius 2 is 1.07 bits per heavy atom. The summed E-state index contributed by atoms with van der Waals surface area (Å²) in [6, 6.07) is 0. The van der Waals surface area contributed by atoms with Gasteiger partial charge >= 0.3 is 0 Å². The van der Waals surface area contributed by atoms with Gasteiger partial charge < -0.3 is 15.3 Å². The second-order valence-corrected chi connectivity index (χ2v) is 8.33. The number of carbonyl (C=O) groups is 1. The minimum Gasteiger partial charge on any atom is -0.393 e. The summed E-state index contributed by atoms with van der Waals surface area (Å²) in [7, 11) is 0. The van der Waals surface area contributed by atoms with Crippen LogP contribution >= 0.6 is 0 Å². The van der Waals surface area contributed by atoms with Crippen LogP contribution in [-0.4, -0.2) is 39.4 Å². The second kappa shape index (κ2) is 17.6. The van der Waals surface area contributed by atoms with Crippen LogP contribution in [0.15, 0.2) is 0 Å². The first-order chi connectivity index (χ1) is 13.0. The van der Waals surface area contributed by atoms with Gasteiger partial charge in [0.15, 0.2) is 5.78 Å². The molecule has 0 amide bonds. The molecule has 0 bridgehead atoms. The molecule has 0 saturated carbocycles. The lowest BCUT2D eigenvalue weighted by molar-refractivity contribution is -0.149. The van der Waals surface area contributed by atoms with Crippen LogP contribution in [0, 0.1) is 0 Å². The van der Waals surface area contributed by atoms with E-state index in [-0.39, 0.29) is 6.42 Å². The Bertz CT molecular complexity index is 345. The van der Waals surface area contributed by atoms with E-state index in [9.17, 15) is 20.1 Å². The Hall–Kier alpha value is -0.450. The van der Waals surface area contributed by atoms with Crippen molar-refractivity contribution in [2.24, 2.45) is 0 Å². The van der Waals surface area contributed by atoms with Gasteiger partial charge in [-0.25, -0.2) is 0 Å². The number of hydrogen-bond acceptors (Lipinski definition) is 4. The van der Waals surface area contributed by atoms with Crippen LogP contribution in [0.3, 0.4) is 0 Å². The van der Waals surface area contributed by atoms with E-state index in [0.29, 0.717) is 0 Å². The molecule has 2 atom stereocenters. The van der Waals surface area contributed by atoms with Crippen LogP contribution in [0.25, 0.3) is 0 Å². The summed E-state index contributed by atoms with van der Waals surface area (Å²) in [5, 5.41) is 29.1. The summed E-state index contributed by atoms with van der Waals surface area (Å²) in [5.74, 6) is -0.497. The monoisotopic (exact) mass is 386 g/mol. The Morgan fingerprint density at radius 3 is 1.37 bits per heavy atom. The third kappa shape index (κ3) is 14.2. The first kappa shape index (κ1) is 26.6. The molecule has 0 aromatic heterocycles. The van der Waals surface area contributed by atoms with Crippen LogP contribution in [-0.2, 0) is 4.79 Å². The predicted molar refractivity (Wildman–Crippen MR) is 113 cm³/mol. The number of unbranched alkanes of at least 4 members (excludes halogenated alkanes) is 15. The molecule has 0 heterocycles. The molecule has 0 aliphatic rings. The van der Waals surface area contributed by atoms with Gasteiger partial charge in [-0.2, -0.15) is 0 Å². The van der Waals surface area contributed by atoms with E-state index < -0.39 is 24.1 Å². The van der Waals surface area contributed by atoms with Gasteiger partial charge in [-0.3, -0.25) is 4.79 Å². The zero-order valence-electron chi connectivity index (χ0n) is 18.1. The van der Waals surface area contributed by atoms with Crippen molar-refractivity contribution >= 4 is 5.78 Å². The average Bonchev–Trinajstić information content (AvgIpc) is 2.66. The zero-order chi connectivity index (χ0) is 20.4. The molecule has 0 rings (SSSR count). The standard InChI is InChI=1S/C23H46O4/c1-3-4-5-6-7-8-9-10-11-12-13-14-15-16-17-18-19-23(27,20-24)22(26)21(2)25/h22,24,26-27H,3-20H2,1-2H3. The smallest absolute Gasteiger partial charge is 0.161 e. The maximum absolute atomic E-state index is 11.2. The van der Waals surface area contributed by atoms with Crippen LogP contribution in [0.4, 0.5) is 0 Å². The Labute approximate surface area is 167 Å². The fraction of sp³-hybridized carbons (Fsp3) is 0.957. The third-order valence-electron chi connectivity index (χ3n) is 5.63. The molecule has 3 N–H and O–H groups in total. The Kier molecular flexibility index (Phi) is 17.3. The molecule has 27 heavy (non-hydrogen) atoms. The molecule has 0 aromatic carbocycles. The van der Waals surface area contributed by atoms with Gasteiger partial charge in [0.05, 0.1) is 6.61 Å². The number of hydrogen-bond donors (Lipinski definition) is 3. The van der Waals surface area contributed by atoms with Crippen molar-refractivity contribution in [2.75, 3.05) is 6.61 Å². The molecule has 0 aromatic rings. The van der Waals surface area contributed by atoms with Crippen LogP contribution in [0.5, 0.6) is 0 Å². The fourth-order valence-electron chi connectivity index (χ4n) is 3.66. The molecule has 0 fully saturated rings. The number of aliphatic hydroxyl groups is 3. The maximum Gasteiger partial charge on any atom is 0.161 e. The number of carbonyl (C=O) groups excluding carboxylic acids is 1. The Balaban J connectivity index is 3.39. The van der Waals surface area contributed by atoms with Crippen LogP contribution in [0.2, 0.25) is 0 Å². The number of Topliss-reactive ketones (excluding diaryl/α,β-unsaturated/α-hetero) is 1. The lowest BCUT2D eigenvalue weighted by atomic mass is 9.89. The summed E-state index contributed by atoms with van der Waals surface area (Å²) in [5.41, 5.74) is -1.68. The highest BCUT2D eigenvalue weighted by Crippen LogP contribution is 2.21. The maximum atomic E-state index is 11.2. The lowest BCUT2D eigenvalue weighted by Crippen LogP contribution is -2.49. The van der Waals surface area contributed by atoms with Crippen molar-refractivity contribution in [2.45, 2.75) is 135 Å². The molecule has 0 aliphatic heterocycles. The van der Waals surface area contributed by atoms with Gasteiger partial charge in [0.2, 0.25) is 0 Å². The van der Waals surface area contributed by atoms with E-state index in [1.54, 1.807) is 0 Å². The van der Waals surface area contributed by atoms with Gasteiger partial charge in [-0.05, 0) is 13.3 Å². The second-order valence-electron chi connectivity index (χ2n) is 8.33. The highest BCUT2D eigenvalue weighted by atomic mass is 16.4. The quantitative estimate of drug-likeness (QED) is 0.248. The van der Waals surface area contributed by atoms with E-state index in [4.69, 9.17) is 0 Å². The summed E-state index contributed by atoms with van der Waals surface area (Å²) < 4.78 is 0. The van der Waals surface area contributed by atoms with Crippen molar-refractivity contribution in [3.05, 3.63) is 0 Å². The van der Waals surface area contributed by atoms with Crippen molar-refractivity contribution < 1.29 is 20.1 Å². The van der Waals surface area contributed by atoms with Gasteiger partial charge in [-0.15, -0.1) is 0 Å². The number of rotatable bonds is 20. The third-order valence-corrected chi connectivity index (χ3v) is 5.63. The topological polar surface area (TPSA) is 77.8 Å². The van der Waals surface area contributed by atoms with Crippen LogP contribution in [0.1, 0.15) is 123 Å². The SMILES string of the molecule is CCCCCCCCCCCCCCCCCCC(O)(CO)C(O)C(C)=O. The highest BCUT2D eigenvalue weighted by Gasteiger charge is 2.37. The zero-order valence-corrected chi connectivity index (χ0v) is 18.1. The van der Waals surface area contributed by atoms with Gasteiger partial charge in [-0.1, -0.05) is 110 Å². The first-order valence-electron chi connectivity index (χ1n) is 11.5. The van der Waals surface area contributed by atoms with E-state index in [2.05, 4.69) is 6.92 Å². The van der Waals surface area contributed by atoms with E-state index in [1.807, 2.05) is 0 Å². The largest absolute Gasteiger partial charge is 0.393 e. The van der Waals surface area contributed by atoms with Crippen LogP contribution < -0.4 is 0 Å². The van der Waals surface area contributed by atoms with Crippen molar-refractivity contribution in [3.8, 4) is 0 Å². The summed E-state index contributed by atoms with van der Waals surface area (Å²) in [6.07, 6.45) is 19.2. The van der Waals surface area contributed by atoms with Crippen molar-refractivity contribution in [1.82, 2.24) is 0 Å². The highest BCUT2D eigenvalue weighted by molar-refractivity contribution is 5.81. The summed E-state index contributed by atoms with van der Waals surface area (Å²) in [6.45, 7) is 2.92. The molecule has 4 nitrogen and oxygen atoms in total. The molecule has 0 aliphatic carbocycles. The molecule has 0 saturated heterocycles. The molecular weight excluding hydrogens is 340 g/mol. The summed E-state index contributed by atoms with van der Waals surface area (Å²) in [4.78, 5) is 11.2. The summed E-state index contributed by atoms with van der Waals surface area (Å²) >= 11 is 0. The minimum atomic E-state index is -1.68. The molecule has 4 heteroatoms. The first-order valence-corrected chi connectivity index (χ1v) is 11.5. The minimum absolute atomic E-state index is 0.267. The lowest BCUT2D eigenvalue weighted by Gasteiger charge is -2.29. The van der Waals surface area contributed by atoms with Crippen molar-refractivity contribution in [1.29, 1.82) is 0 Å². The number of aliphatic hydroxyl groups excluding tert-OH is 2. The van der Waals surface area contributed by atoms with Gasteiger partial charge in [0.25, 0.3) is 0 Å². The predicted octanol–water partition coefficient (Wildman–Crippen LogP) is 5.31. The molecule has 2 unspecified atom stereocenters. The molecule has 162 valence electrons. The van der Waals surface area contributed by atoms with E-state index in [1.165, 1.54) is 90.4 Å². The Morgan fingerprint density at radius 1 is 0.741 bits per heavy atom. The van der Waals surface area contributed by atoms with Gasteiger partial charge in [0.1, 0.15) is 11.7 Å². The van der Waals surface area contributed by atoms with E-state index >= 15 is 0 Å². The fourth-order valence-corrected chi connectivity index (χ4v) is 3.66. The molecule has 0 spiro atoms. The molecular formula is C23H46O4. The average molecular weight is 387 g/mol. The van der Waals surface area contributed by atoms with Gasteiger partial charge in [0, 0.05) is 0 Å². The van der Waals surface area contributed by atoms with Crippen molar-refractivity contribution in [3.63, 3.8) is 0 Å².